The second-order valence-corrected chi connectivity index (χ2v) is 13.4. The third-order valence-electron chi connectivity index (χ3n) is 7.26. The molecule has 2 amide bonds. The standard InChI is InChI=1S/C31H35Cl2N3O4S/c1-22-12-14-24(15-13-22)20-35(30(37)21-36(41(2,39)40)28-18-25(32)17-26(33)19-28)29(16-23-8-4-3-5-9-23)31(38)34-27-10-6-7-11-27/h3-5,8-9,12-15,17-19,27,29H,6-7,10-11,16,20-21H2,1-2H3,(H,34,38). The first-order chi connectivity index (χ1) is 19.5. The zero-order valence-electron chi connectivity index (χ0n) is 23.2. The van der Waals surface area contributed by atoms with E-state index < -0.39 is 28.5 Å². The van der Waals surface area contributed by atoms with Crippen molar-refractivity contribution in [2.75, 3.05) is 17.1 Å². The summed E-state index contributed by atoms with van der Waals surface area (Å²) in [6, 6.07) is 20.8. The van der Waals surface area contributed by atoms with E-state index in [4.69, 9.17) is 23.2 Å². The SMILES string of the molecule is Cc1ccc(CN(C(=O)CN(c2cc(Cl)cc(Cl)c2)S(C)(=O)=O)C(Cc2ccccc2)C(=O)NC2CCCC2)cc1. The number of carbonyl (C=O) groups is 2. The van der Waals surface area contributed by atoms with Crippen LogP contribution in [0.25, 0.3) is 0 Å². The highest BCUT2D eigenvalue weighted by molar-refractivity contribution is 7.92. The van der Waals surface area contributed by atoms with Gasteiger partial charge in [0.15, 0.2) is 0 Å². The van der Waals surface area contributed by atoms with Gasteiger partial charge < -0.3 is 10.2 Å². The summed E-state index contributed by atoms with van der Waals surface area (Å²) in [6.07, 6.45) is 5.18. The van der Waals surface area contributed by atoms with Crippen molar-refractivity contribution < 1.29 is 18.0 Å². The Morgan fingerprint density at radius 3 is 2.12 bits per heavy atom. The monoisotopic (exact) mass is 615 g/mol. The summed E-state index contributed by atoms with van der Waals surface area (Å²) in [5, 5.41) is 3.64. The molecule has 218 valence electrons. The van der Waals surface area contributed by atoms with E-state index in [1.165, 1.54) is 23.1 Å². The molecule has 1 atom stereocenters. The predicted octanol–water partition coefficient (Wildman–Crippen LogP) is 5.77. The number of sulfonamides is 1. The molecule has 3 aromatic rings. The summed E-state index contributed by atoms with van der Waals surface area (Å²) in [7, 11) is -3.91. The highest BCUT2D eigenvalue weighted by Crippen LogP contribution is 2.28. The quantitative estimate of drug-likeness (QED) is 0.297. The van der Waals surface area contributed by atoms with Gasteiger partial charge >= 0.3 is 0 Å². The lowest BCUT2D eigenvalue weighted by Gasteiger charge is -2.34. The molecule has 1 saturated carbocycles. The molecule has 0 aliphatic heterocycles. The molecule has 1 unspecified atom stereocenters. The van der Waals surface area contributed by atoms with E-state index in [1.807, 2.05) is 61.5 Å². The first-order valence-electron chi connectivity index (χ1n) is 13.6. The molecule has 3 aromatic carbocycles. The smallest absolute Gasteiger partial charge is 0.244 e. The van der Waals surface area contributed by atoms with E-state index >= 15 is 0 Å². The number of rotatable bonds is 11. The summed E-state index contributed by atoms with van der Waals surface area (Å²) >= 11 is 12.3. The molecule has 1 N–H and O–H groups in total. The minimum absolute atomic E-state index is 0.0539. The number of benzene rings is 3. The van der Waals surface area contributed by atoms with E-state index in [-0.39, 0.29) is 40.6 Å². The highest BCUT2D eigenvalue weighted by Gasteiger charge is 2.34. The van der Waals surface area contributed by atoms with Crippen molar-refractivity contribution in [3.63, 3.8) is 0 Å². The van der Waals surface area contributed by atoms with E-state index in [0.717, 1.165) is 52.9 Å². The fourth-order valence-electron chi connectivity index (χ4n) is 5.11. The van der Waals surface area contributed by atoms with Gasteiger partial charge in [0.1, 0.15) is 12.6 Å². The molecular weight excluding hydrogens is 581 g/mol. The van der Waals surface area contributed by atoms with Gasteiger partial charge in [0.05, 0.1) is 11.9 Å². The fraction of sp³-hybridized carbons (Fsp3) is 0.355. The Kier molecular flexibility index (Phi) is 10.3. The van der Waals surface area contributed by atoms with Gasteiger partial charge in [0.2, 0.25) is 21.8 Å². The van der Waals surface area contributed by atoms with E-state index in [0.29, 0.717) is 0 Å². The molecule has 0 saturated heterocycles. The Morgan fingerprint density at radius 2 is 1.54 bits per heavy atom. The first kappa shape index (κ1) is 30.9. The number of anilines is 1. The summed E-state index contributed by atoms with van der Waals surface area (Å²) in [6.45, 7) is 1.58. The van der Waals surface area contributed by atoms with Gasteiger partial charge in [-0.25, -0.2) is 8.42 Å². The average molecular weight is 617 g/mol. The largest absolute Gasteiger partial charge is 0.352 e. The number of nitrogens with one attached hydrogen (secondary N) is 1. The average Bonchev–Trinajstić information content (AvgIpc) is 3.42. The maximum Gasteiger partial charge on any atom is 0.244 e. The Bertz CT molecular complexity index is 1440. The molecule has 0 heterocycles. The van der Waals surface area contributed by atoms with Gasteiger partial charge in [-0.2, -0.15) is 0 Å². The van der Waals surface area contributed by atoms with Gasteiger partial charge in [0.25, 0.3) is 0 Å². The van der Waals surface area contributed by atoms with Crippen molar-refractivity contribution >= 4 is 50.7 Å². The Balaban J connectivity index is 1.73. The highest BCUT2D eigenvalue weighted by atomic mass is 35.5. The lowest BCUT2D eigenvalue weighted by Crippen LogP contribution is -2.54. The molecular formula is C31H35Cl2N3O4S. The van der Waals surface area contributed by atoms with Crippen LogP contribution in [0.3, 0.4) is 0 Å². The number of amides is 2. The number of halogens is 2. The lowest BCUT2D eigenvalue weighted by atomic mass is 10.0. The van der Waals surface area contributed by atoms with Gasteiger partial charge in [0, 0.05) is 29.1 Å². The summed E-state index contributed by atoms with van der Waals surface area (Å²) in [5.41, 5.74) is 2.95. The van der Waals surface area contributed by atoms with Crippen LogP contribution in [0.5, 0.6) is 0 Å². The number of aryl methyl sites for hydroxylation is 1. The second-order valence-electron chi connectivity index (χ2n) is 10.6. The van der Waals surface area contributed by atoms with Crippen molar-refractivity contribution in [2.45, 2.75) is 57.7 Å². The van der Waals surface area contributed by atoms with Crippen LogP contribution in [0.1, 0.15) is 42.4 Å². The number of nitrogens with zero attached hydrogens (tertiary/aromatic N) is 2. The molecule has 0 spiro atoms. The molecule has 1 aliphatic carbocycles. The third-order valence-corrected chi connectivity index (χ3v) is 8.84. The zero-order chi connectivity index (χ0) is 29.6. The van der Waals surface area contributed by atoms with Crippen molar-refractivity contribution in [2.24, 2.45) is 0 Å². The van der Waals surface area contributed by atoms with Crippen LogP contribution in [0, 0.1) is 6.92 Å². The molecule has 4 rings (SSSR count). The first-order valence-corrected chi connectivity index (χ1v) is 16.2. The van der Waals surface area contributed by atoms with Crippen molar-refractivity contribution in [1.29, 1.82) is 0 Å². The van der Waals surface area contributed by atoms with Crippen molar-refractivity contribution in [3.05, 3.63) is 99.5 Å². The second kappa shape index (κ2) is 13.7. The molecule has 0 radical (unpaired) electrons. The minimum Gasteiger partial charge on any atom is -0.352 e. The normalized spacial score (nSPS) is 14.4. The maximum atomic E-state index is 14.2. The number of carbonyl (C=O) groups excluding carboxylic acids is 2. The van der Waals surface area contributed by atoms with Crippen LogP contribution in [0.2, 0.25) is 10.0 Å². The van der Waals surface area contributed by atoms with Gasteiger partial charge in [-0.1, -0.05) is 96.2 Å². The van der Waals surface area contributed by atoms with Gasteiger partial charge in [-0.15, -0.1) is 0 Å². The third kappa shape index (κ3) is 8.71. The van der Waals surface area contributed by atoms with Gasteiger partial charge in [-0.3, -0.25) is 13.9 Å². The van der Waals surface area contributed by atoms with Crippen molar-refractivity contribution in [3.8, 4) is 0 Å². The van der Waals surface area contributed by atoms with Gasteiger partial charge in [-0.05, 0) is 49.1 Å². The summed E-state index contributed by atoms with van der Waals surface area (Å²) in [4.78, 5) is 29.5. The molecule has 1 aliphatic rings. The predicted molar refractivity (Wildman–Crippen MR) is 165 cm³/mol. The molecule has 7 nitrogen and oxygen atoms in total. The molecule has 0 aromatic heterocycles. The Labute approximate surface area is 252 Å². The Morgan fingerprint density at radius 1 is 0.927 bits per heavy atom. The number of hydrogen-bond donors (Lipinski definition) is 1. The summed E-state index contributed by atoms with van der Waals surface area (Å²) < 4.78 is 26.8. The maximum absolute atomic E-state index is 14.2. The zero-order valence-corrected chi connectivity index (χ0v) is 25.6. The van der Waals surface area contributed by atoms with Crippen LogP contribution in [0.15, 0.2) is 72.8 Å². The molecule has 1 fully saturated rings. The fourth-order valence-corrected chi connectivity index (χ4v) is 6.46. The van der Waals surface area contributed by atoms with Crippen LogP contribution < -0.4 is 9.62 Å². The van der Waals surface area contributed by atoms with Crippen molar-refractivity contribution in [1.82, 2.24) is 10.2 Å². The lowest BCUT2D eigenvalue weighted by molar-refractivity contribution is -0.140. The van der Waals surface area contributed by atoms with E-state index in [1.54, 1.807) is 0 Å². The molecule has 41 heavy (non-hydrogen) atoms. The number of hydrogen-bond acceptors (Lipinski definition) is 4. The van der Waals surface area contributed by atoms with E-state index in [2.05, 4.69) is 5.32 Å². The summed E-state index contributed by atoms with van der Waals surface area (Å²) in [5.74, 6) is -0.771. The van der Waals surface area contributed by atoms with Crippen LogP contribution in [-0.2, 0) is 32.6 Å². The Hall–Kier alpha value is -3.07. The van der Waals surface area contributed by atoms with E-state index in [9.17, 15) is 18.0 Å². The molecule has 10 heteroatoms. The van der Waals surface area contributed by atoms with Crippen LogP contribution in [0.4, 0.5) is 5.69 Å². The van der Waals surface area contributed by atoms with Crippen LogP contribution >= 0.6 is 23.2 Å². The molecule has 0 bridgehead atoms. The minimum atomic E-state index is -3.91. The van der Waals surface area contributed by atoms with Crippen LogP contribution in [-0.4, -0.2) is 50.0 Å². The topological polar surface area (TPSA) is 86.8 Å².